The molecule has 0 radical (unpaired) electrons. The van der Waals surface area contributed by atoms with Gasteiger partial charge in [0.2, 0.25) is 23.6 Å². The molecule has 0 aliphatic heterocycles. The third-order valence-corrected chi connectivity index (χ3v) is 9.11. The number of carboxylic acids is 2. The molecule has 2 aromatic heterocycles. The lowest BCUT2D eigenvalue weighted by Gasteiger charge is -2.26. The number of carbonyl (C=O) groups is 7. The Morgan fingerprint density at radius 3 is 2.19 bits per heavy atom. The number of aliphatic carboxylic acids is 2. The zero-order valence-electron chi connectivity index (χ0n) is 30.8. The SMILES string of the molecule is CC(C)CC(NC(=O)OCc1ccccc1)C(=O)NC(CCC(=O)O)C(=O)NC(Cc1c[nH]cn1)C(=O)NC(CC(=O)O)C(=O)Nc1ccc2sc(C#N)nc2c1. The molecule has 19 nitrogen and oxygen atoms in total. The molecule has 4 atom stereocenters. The number of hydrogen-bond acceptors (Lipinski definition) is 12. The molecule has 2 aromatic carbocycles. The van der Waals surface area contributed by atoms with Crippen LogP contribution < -0.4 is 26.6 Å². The molecular formula is C37H41N9O10S. The van der Waals surface area contributed by atoms with E-state index in [1.165, 1.54) is 24.7 Å². The van der Waals surface area contributed by atoms with Gasteiger partial charge in [-0.2, -0.15) is 5.26 Å². The average Bonchev–Trinajstić information content (AvgIpc) is 3.84. The molecule has 2 heterocycles. The van der Waals surface area contributed by atoms with E-state index in [1.807, 2.05) is 6.07 Å². The Labute approximate surface area is 329 Å². The van der Waals surface area contributed by atoms with Crippen molar-refractivity contribution in [3.05, 3.63) is 77.3 Å². The summed E-state index contributed by atoms with van der Waals surface area (Å²) < 4.78 is 5.93. The molecule has 0 spiro atoms. The van der Waals surface area contributed by atoms with Gasteiger partial charge in [-0.25, -0.2) is 14.8 Å². The molecule has 4 aromatic rings. The lowest BCUT2D eigenvalue weighted by Crippen LogP contribution is -2.58. The second-order valence-corrected chi connectivity index (χ2v) is 14.2. The van der Waals surface area contributed by atoms with Crippen LogP contribution in [-0.4, -0.2) is 91.0 Å². The molecule has 0 saturated heterocycles. The number of carboxylic acid groups (broad SMARTS) is 2. The van der Waals surface area contributed by atoms with Gasteiger partial charge in [-0.05, 0) is 42.5 Å². The van der Waals surface area contributed by atoms with Crippen LogP contribution in [0.15, 0.2) is 61.1 Å². The molecule has 4 unspecified atom stereocenters. The number of anilines is 1. The number of carbonyl (C=O) groups excluding carboxylic acids is 5. The second-order valence-electron chi connectivity index (χ2n) is 13.2. The second kappa shape index (κ2) is 20.7. The van der Waals surface area contributed by atoms with E-state index < -0.39 is 85.1 Å². The van der Waals surface area contributed by atoms with E-state index in [2.05, 4.69) is 41.5 Å². The van der Waals surface area contributed by atoms with Crippen LogP contribution in [0.4, 0.5) is 10.5 Å². The number of H-pyrrole nitrogens is 1. The number of aromatic nitrogens is 3. The van der Waals surface area contributed by atoms with E-state index in [1.54, 1.807) is 50.2 Å². The van der Waals surface area contributed by atoms with Crippen molar-refractivity contribution in [3.8, 4) is 6.07 Å². The lowest BCUT2D eigenvalue weighted by molar-refractivity contribution is -0.140. The van der Waals surface area contributed by atoms with Crippen molar-refractivity contribution in [1.82, 2.24) is 36.2 Å². The van der Waals surface area contributed by atoms with Crippen molar-refractivity contribution >= 4 is 68.9 Å². The third kappa shape index (κ3) is 13.7. The van der Waals surface area contributed by atoms with E-state index in [-0.39, 0.29) is 41.8 Å². The molecule has 0 bridgehead atoms. The number of benzene rings is 2. The zero-order chi connectivity index (χ0) is 41.5. The highest BCUT2D eigenvalue weighted by Crippen LogP contribution is 2.25. The van der Waals surface area contributed by atoms with Crippen molar-refractivity contribution in [2.75, 3.05) is 5.32 Å². The summed E-state index contributed by atoms with van der Waals surface area (Å²) in [5, 5.41) is 40.7. The summed E-state index contributed by atoms with van der Waals surface area (Å²) in [6, 6.07) is 9.47. The normalized spacial score (nSPS) is 12.9. The molecule has 300 valence electrons. The molecule has 20 heteroatoms. The number of amides is 5. The van der Waals surface area contributed by atoms with Gasteiger partial charge in [0, 0.05) is 24.7 Å². The number of ether oxygens (including phenoxy) is 1. The summed E-state index contributed by atoms with van der Waals surface area (Å²) in [5.74, 6) is -6.54. The number of nitrogens with one attached hydrogen (secondary N) is 6. The molecule has 0 fully saturated rings. The quantitative estimate of drug-likeness (QED) is 0.0637. The van der Waals surface area contributed by atoms with E-state index in [0.29, 0.717) is 15.8 Å². The number of fused-ring (bicyclic) bond motifs is 1. The van der Waals surface area contributed by atoms with E-state index in [9.17, 15) is 43.8 Å². The fourth-order valence-electron chi connectivity index (χ4n) is 5.45. The molecule has 5 amide bonds. The molecule has 0 aliphatic carbocycles. The summed E-state index contributed by atoms with van der Waals surface area (Å²) in [7, 11) is 0. The average molecular weight is 804 g/mol. The van der Waals surface area contributed by atoms with Gasteiger partial charge in [-0.1, -0.05) is 44.2 Å². The van der Waals surface area contributed by atoms with Gasteiger partial charge in [-0.3, -0.25) is 28.8 Å². The van der Waals surface area contributed by atoms with Gasteiger partial charge in [0.25, 0.3) is 0 Å². The van der Waals surface area contributed by atoms with Crippen LogP contribution in [0.25, 0.3) is 10.2 Å². The fourth-order valence-corrected chi connectivity index (χ4v) is 6.19. The fraction of sp³-hybridized carbons (Fsp3) is 0.351. The van der Waals surface area contributed by atoms with Crippen molar-refractivity contribution in [2.24, 2.45) is 5.92 Å². The third-order valence-electron chi connectivity index (χ3n) is 8.17. The first-order valence-corrected chi connectivity index (χ1v) is 18.4. The minimum atomic E-state index is -1.65. The van der Waals surface area contributed by atoms with Crippen LogP contribution in [0.2, 0.25) is 0 Å². The van der Waals surface area contributed by atoms with Gasteiger partial charge in [-0.15, -0.1) is 11.3 Å². The molecular weight excluding hydrogens is 763 g/mol. The summed E-state index contributed by atoms with van der Waals surface area (Å²) in [6.45, 7) is 3.52. The number of hydrogen-bond donors (Lipinski definition) is 8. The highest BCUT2D eigenvalue weighted by atomic mass is 32.1. The van der Waals surface area contributed by atoms with Crippen LogP contribution in [0, 0.1) is 17.2 Å². The number of alkyl carbamates (subject to hydrolysis) is 1. The van der Waals surface area contributed by atoms with Crippen molar-refractivity contribution in [1.29, 1.82) is 5.26 Å². The number of imidazole rings is 1. The maximum atomic E-state index is 13.8. The van der Waals surface area contributed by atoms with Crippen LogP contribution in [0.3, 0.4) is 0 Å². The maximum absolute atomic E-state index is 13.8. The number of aromatic amines is 1. The van der Waals surface area contributed by atoms with Crippen LogP contribution in [0.1, 0.15) is 55.8 Å². The Kier molecular flexibility index (Phi) is 15.6. The lowest BCUT2D eigenvalue weighted by atomic mass is 10.0. The Hall–Kier alpha value is -6.88. The molecule has 0 aliphatic rings. The molecule has 0 saturated carbocycles. The first-order chi connectivity index (χ1) is 27.2. The van der Waals surface area contributed by atoms with E-state index in [0.717, 1.165) is 11.3 Å². The molecule has 8 N–H and O–H groups in total. The first kappa shape index (κ1) is 42.9. The van der Waals surface area contributed by atoms with Crippen LogP contribution in [-0.2, 0) is 46.5 Å². The van der Waals surface area contributed by atoms with E-state index in [4.69, 9.17) is 10.00 Å². The molecule has 57 heavy (non-hydrogen) atoms. The number of rotatable bonds is 20. The summed E-state index contributed by atoms with van der Waals surface area (Å²) in [6.07, 6.45) is -0.144. The van der Waals surface area contributed by atoms with Gasteiger partial charge >= 0.3 is 18.0 Å². The zero-order valence-corrected chi connectivity index (χ0v) is 31.6. The van der Waals surface area contributed by atoms with Crippen LogP contribution >= 0.6 is 11.3 Å². The Morgan fingerprint density at radius 1 is 0.860 bits per heavy atom. The number of nitriles is 1. The Balaban J connectivity index is 1.50. The Morgan fingerprint density at radius 2 is 1.54 bits per heavy atom. The minimum Gasteiger partial charge on any atom is -0.481 e. The first-order valence-electron chi connectivity index (χ1n) is 17.6. The highest BCUT2D eigenvalue weighted by molar-refractivity contribution is 7.19. The molecule has 4 rings (SSSR count). The van der Waals surface area contributed by atoms with Crippen molar-refractivity contribution < 1.29 is 48.5 Å². The largest absolute Gasteiger partial charge is 0.481 e. The predicted octanol–water partition coefficient (Wildman–Crippen LogP) is 2.21. The van der Waals surface area contributed by atoms with Gasteiger partial charge in [0.05, 0.1) is 28.7 Å². The standard InChI is InChI=1S/C37H41N9O10S/c1-20(2)12-26(46-37(55)56-18-21-6-4-3-5-7-21)35(53)43-24(9-11-31(47)48)33(51)44-27(14-23-17-39-19-40-23)36(54)45-28(15-32(49)50)34(52)41-22-8-10-29-25(13-22)42-30(16-38)57-29/h3-8,10,13,17,19-20,24,26-28H,9,11-12,14-15,18H2,1-2H3,(H,39,40)(H,41,52)(H,43,53)(H,44,51)(H,45,54)(H,46,55)(H,47,48)(H,49,50). The topological polar surface area (TPSA) is 295 Å². The van der Waals surface area contributed by atoms with Gasteiger partial charge < -0.3 is 46.5 Å². The van der Waals surface area contributed by atoms with Crippen LogP contribution in [0.5, 0.6) is 0 Å². The minimum absolute atomic E-state index is 0.0762. The smallest absolute Gasteiger partial charge is 0.408 e. The Bertz CT molecular complexity index is 2100. The van der Waals surface area contributed by atoms with Crippen molar-refractivity contribution in [2.45, 2.75) is 76.7 Å². The number of nitrogens with zero attached hydrogens (tertiary/aromatic N) is 3. The number of thiazole rings is 1. The monoisotopic (exact) mass is 803 g/mol. The van der Waals surface area contributed by atoms with E-state index >= 15 is 0 Å². The van der Waals surface area contributed by atoms with Gasteiger partial charge in [0.15, 0.2) is 5.01 Å². The van der Waals surface area contributed by atoms with Crippen molar-refractivity contribution in [3.63, 3.8) is 0 Å². The summed E-state index contributed by atoms with van der Waals surface area (Å²) in [4.78, 5) is 101. The predicted molar refractivity (Wildman–Crippen MR) is 203 cm³/mol. The van der Waals surface area contributed by atoms with Gasteiger partial charge in [0.1, 0.15) is 36.8 Å². The highest BCUT2D eigenvalue weighted by Gasteiger charge is 2.33. The summed E-state index contributed by atoms with van der Waals surface area (Å²) in [5.41, 5.74) is 1.61. The maximum Gasteiger partial charge on any atom is 0.408 e. The summed E-state index contributed by atoms with van der Waals surface area (Å²) >= 11 is 1.14.